The number of carbonyl (C=O) groups is 3. The lowest BCUT2D eigenvalue weighted by atomic mass is 9.69. The molecule has 4 amide bonds. The van der Waals surface area contributed by atoms with E-state index in [4.69, 9.17) is 23.8 Å². The van der Waals surface area contributed by atoms with Crippen molar-refractivity contribution in [2.75, 3.05) is 19.6 Å². The maximum absolute atomic E-state index is 13.7. The minimum absolute atomic E-state index is 0.116. The molecule has 0 saturated carbocycles. The number of carbonyl (C=O) groups excluding carboxylic acids is 3. The first kappa shape index (κ1) is 40.2. The second-order valence-corrected chi connectivity index (χ2v) is 15.8. The number of rotatable bonds is 18. The first-order valence-electron chi connectivity index (χ1n) is 18.0. The third kappa shape index (κ3) is 10.2. The fraction of sp³-hybridized carbons (Fsp3) is 0.909. The smallest absolute Gasteiger partial charge is 0.421 e. The van der Waals surface area contributed by atoms with Gasteiger partial charge >= 0.3 is 22.5 Å². The minimum atomic E-state index is -4.73. The first-order chi connectivity index (χ1) is 22.5. The van der Waals surface area contributed by atoms with Crippen LogP contribution in [0, 0.1) is 0 Å². The largest absolute Gasteiger partial charge is 0.444 e. The van der Waals surface area contributed by atoms with E-state index < -0.39 is 63.4 Å². The van der Waals surface area contributed by atoms with Crippen LogP contribution >= 0.6 is 0 Å². The van der Waals surface area contributed by atoms with Gasteiger partial charge in [-0.2, -0.15) is 13.5 Å². The van der Waals surface area contributed by atoms with Crippen molar-refractivity contribution in [1.82, 2.24) is 20.3 Å². The average molecular weight is 704 g/mol. The number of piperidine rings is 2. The summed E-state index contributed by atoms with van der Waals surface area (Å²) in [5, 5.41) is 0.837. The normalized spacial score (nSPS) is 24.3. The van der Waals surface area contributed by atoms with Crippen molar-refractivity contribution in [2.24, 2.45) is 5.73 Å². The summed E-state index contributed by atoms with van der Waals surface area (Å²) in [4.78, 5) is 47.8. The Kier molecular flexibility index (Phi) is 14.4. The number of hydrogen-bond donors (Lipinski definition) is 2. The van der Waals surface area contributed by atoms with Crippen LogP contribution < -0.4 is 11.2 Å². The molecule has 5 atom stereocenters. The van der Waals surface area contributed by atoms with E-state index in [1.54, 1.807) is 25.7 Å². The Labute approximate surface area is 287 Å². The number of nitrogens with two attached hydrogens (primary N) is 1. The highest BCUT2D eigenvalue weighted by Gasteiger charge is 2.54. The molecule has 0 spiro atoms. The molecule has 48 heavy (non-hydrogen) atoms. The number of nitrogens with one attached hydrogen (secondary N) is 1. The van der Waals surface area contributed by atoms with Gasteiger partial charge in [-0.05, 0) is 72.1 Å². The molecule has 0 radical (unpaired) electrons. The van der Waals surface area contributed by atoms with Gasteiger partial charge < -0.3 is 20.3 Å². The lowest BCUT2D eigenvalue weighted by Crippen LogP contribution is -2.63. The third-order valence-electron chi connectivity index (χ3n) is 9.58. The van der Waals surface area contributed by atoms with E-state index in [0.29, 0.717) is 57.9 Å². The van der Waals surface area contributed by atoms with E-state index >= 15 is 0 Å². The van der Waals surface area contributed by atoms with Gasteiger partial charge in [0.1, 0.15) is 23.3 Å². The van der Waals surface area contributed by atoms with Crippen molar-refractivity contribution < 1.29 is 40.8 Å². The van der Waals surface area contributed by atoms with Crippen LogP contribution in [-0.4, -0.2) is 95.9 Å². The average Bonchev–Trinajstić information content (AvgIpc) is 3.24. The Balaban J connectivity index is 1.68. The zero-order valence-electron chi connectivity index (χ0n) is 30.3. The first-order valence-corrected chi connectivity index (χ1v) is 19.3. The quantitative estimate of drug-likeness (QED) is 0.178. The molecule has 0 aromatic rings. The van der Waals surface area contributed by atoms with Crippen LogP contribution in [0.4, 0.5) is 9.59 Å². The van der Waals surface area contributed by atoms with Crippen molar-refractivity contribution in [3.8, 4) is 0 Å². The number of hydroxylamine groups is 3. The summed E-state index contributed by atoms with van der Waals surface area (Å²) in [7, 11) is -4.73. The highest BCUT2D eigenvalue weighted by molar-refractivity contribution is 7.81. The second kappa shape index (κ2) is 17.1. The van der Waals surface area contributed by atoms with Gasteiger partial charge in [-0.3, -0.25) is 9.63 Å². The number of urea groups is 1. The highest BCUT2D eigenvalue weighted by Crippen LogP contribution is 2.43. The molecule has 2 unspecified atom stereocenters. The second-order valence-electron chi connectivity index (χ2n) is 14.7. The molecule has 3 rings (SSSR count). The predicted octanol–water partition coefficient (Wildman–Crippen LogP) is 5.31. The number of ether oxygens (including phenoxy) is 1. The fourth-order valence-corrected chi connectivity index (χ4v) is 8.36. The summed E-state index contributed by atoms with van der Waals surface area (Å²) < 4.78 is 44.4. The molecular weight excluding hydrogens is 642 g/mol. The molecule has 15 heteroatoms. The predicted molar refractivity (Wildman–Crippen MR) is 180 cm³/mol. The van der Waals surface area contributed by atoms with Crippen LogP contribution in [-0.2, 0) is 33.2 Å². The van der Waals surface area contributed by atoms with Gasteiger partial charge in [-0.1, -0.05) is 66.2 Å². The van der Waals surface area contributed by atoms with Crippen molar-refractivity contribution in [3.05, 3.63) is 0 Å². The summed E-state index contributed by atoms with van der Waals surface area (Å²) in [5.41, 5.74) is 6.84. The molecular formula is C33H61N5O9S. The molecule has 3 heterocycles. The zero-order valence-corrected chi connectivity index (χ0v) is 31.1. The molecule has 3 aliphatic rings. The van der Waals surface area contributed by atoms with Gasteiger partial charge in [0.25, 0.3) is 5.91 Å². The van der Waals surface area contributed by atoms with E-state index in [1.807, 2.05) is 20.8 Å². The van der Waals surface area contributed by atoms with Gasteiger partial charge in [-0.15, -0.1) is 4.28 Å². The van der Waals surface area contributed by atoms with Crippen LogP contribution in [0.15, 0.2) is 0 Å². The van der Waals surface area contributed by atoms with Crippen LogP contribution in [0.5, 0.6) is 0 Å². The highest BCUT2D eigenvalue weighted by atomic mass is 32.3. The maximum atomic E-state index is 13.7. The fourth-order valence-electron chi connectivity index (χ4n) is 7.22. The lowest BCUT2D eigenvalue weighted by molar-refractivity contribution is -0.146. The Morgan fingerprint density at radius 2 is 1.58 bits per heavy atom. The molecule has 0 aromatic heterocycles. The Morgan fingerprint density at radius 1 is 0.917 bits per heavy atom. The minimum Gasteiger partial charge on any atom is -0.444 e. The van der Waals surface area contributed by atoms with Gasteiger partial charge in [0.2, 0.25) is 0 Å². The zero-order chi connectivity index (χ0) is 35.8. The van der Waals surface area contributed by atoms with Crippen LogP contribution in [0.2, 0.25) is 0 Å². The van der Waals surface area contributed by atoms with Crippen molar-refractivity contribution in [3.63, 3.8) is 0 Å². The lowest BCUT2D eigenvalue weighted by Gasteiger charge is -2.48. The molecule has 278 valence electrons. The van der Waals surface area contributed by atoms with E-state index in [9.17, 15) is 22.8 Å². The van der Waals surface area contributed by atoms with Crippen molar-refractivity contribution >= 4 is 28.4 Å². The van der Waals surface area contributed by atoms with Crippen LogP contribution in [0.25, 0.3) is 0 Å². The van der Waals surface area contributed by atoms with E-state index in [1.165, 1.54) is 4.90 Å². The van der Waals surface area contributed by atoms with E-state index in [-0.39, 0.29) is 19.5 Å². The van der Waals surface area contributed by atoms with Crippen molar-refractivity contribution in [2.45, 2.75) is 173 Å². The molecule has 3 saturated heterocycles. The van der Waals surface area contributed by atoms with Crippen molar-refractivity contribution in [1.29, 1.82) is 0 Å². The third-order valence-corrected chi connectivity index (χ3v) is 10.4. The summed E-state index contributed by atoms with van der Waals surface area (Å²) in [6, 6.07) is -2.18. The van der Waals surface area contributed by atoms with E-state index in [0.717, 1.165) is 37.2 Å². The Morgan fingerprint density at radius 3 is 2.21 bits per heavy atom. The van der Waals surface area contributed by atoms with Gasteiger partial charge in [0.15, 0.2) is 0 Å². The molecule has 3 aliphatic heterocycles. The molecule has 0 aromatic carbocycles. The number of likely N-dealkylation sites (tertiary alicyclic amines) is 1. The number of amides is 4. The van der Waals surface area contributed by atoms with Crippen LogP contribution in [0.1, 0.15) is 138 Å². The SMILES string of the molecule is CCCCC(N)(CCC)C(CCC)(CCCC)OS(=O)(=O)ON1C(=O)N2C[C@@H]1CC[C@H]2C(=O)NO[C@@H]1CCCN(C(=O)OC(C)(C)C)C1. The monoisotopic (exact) mass is 703 g/mol. The standard InChI is InChI=1S/C33H61N5O9S/c1-8-12-20-32(34,18-10-3)33(19-11-4,21-13-9-2)46-48(42,43)47-38-25-16-17-27(37(23-25)29(38)40)28(39)35-45-26-15-14-22-36(24-26)30(41)44-31(5,6)7/h25-27H,8-24,34H2,1-7H3,(H,35,39)/t25-,26+,27-,32?,33?/m0/s1. The topological polar surface area (TPSA) is 170 Å². The summed E-state index contributed by atoms with van der Waals surface area (Å²) in [6.45, 7) is 14.4. The summed E-state index contributed by atoms with van der Waals surface area (Å²) in [6.07, 6.45) is 7.84. The number of nitrogens with zero attached hydrogens (tertiary/aromatic N) is 3. The molecule has 2 bridgehead atoms. The van der Waals surface area contributed by atoms with E-state index in [2.05, 4.69) is 12.4 Å². The molecule has 3 fully saturated rings. The number of fused-ring (bicyclic) bond motifs is 2. The Bertz CT molecular complexity index is 1200. The Hall–Kier alpha value is -2.20. The molecule has 0 aliphatic carbocycles. The van der Waals surface area contributed by atoms with Crippen LogP contribution in [0.3, 0.4) is 0 Å². The molecule has 3 N–H and O–H groups in total. The van der Waals surface area contributed by atoms with Gasteiger partial charge in [0.05, 0.1) is 12.6 Å². The maximum Gasteiger partial charge on any atom is 0.421 e. The molecule has 14 nitrogen and oxygen atoms in total. The summed E-state index contributed by atoms with van der Waals surface area (Å²) in [5.74, 6) is -0.526. The number of hydrogen-bond acceptors (Lipinski definition) is 10. The summed E-state index contributed by atoms with van der Waals surface area (Å²) >= 11 is 0. The van der Waals surface area contributed by atoms with Gasteiger partial charge in [0, 0.05) is 18.6 Å². The number of unbranched alkanes of at least 4 members (excludes halogenated alkanes) is 2. The van der Waals surface area contributed by atoms with Gasteiger partial charge in [-0.25, -0.2) is 19.3 Å².